The predicted molar refractivity (Wildman–Crippen MR) is 105 cm³/mol. The maximum Gasteiger partial charge on any atom is 0.0409 e. The third-order valence-corrected chi connectivity index (χ3v) is 9.35. The first kappa shape index (κ1) is 20.0. The van der Waals surface area contributed by atoms with Crippen LogP contribution in [0.1, 0.15) is 79.1 Å². The molecule has 0 aromatic rings. The monoisotopic (exact) mass is 323 g/mol. The summed E-state index contributed by atoms with van der Waals surface area (Å²) in [6.07, 6.45) is 13.9. The van der Waals surface area contributed by atoms with Crippen molar-refractivity contribution in [2.75, 3.05) is 13.1 Å². The second kappa shape index (κ2) is 12.4. The van der Waals surface area contributed by atoms with Gasteiger partial charge < -0.3 is 0 Å². The van der Waals surface area contributed by atoms with Crippen LogP contribution in [-0.2, 0) is 0 Å². The molecule has 0 aliphatic carbocycles. The summed E-state index contributed by atoms with van der Waals surface area (Å²) in [6, 6.07) is 5.23. The van der Waals surface area contributed by atoms with Crippen LogP contribution in [0.25, 0.3) is 0 Å². The molecule has 130 valence electrons. The maximum absolute atomic E-state index is 2.80. The van der Waals surface area contributed by atoms with E-state index in [1.54, 1.807) is 5.57 Å². The van der Waals surface area contributed by atoms with E-state index in [0.29, 0.717) is 6.04 Å². The minimum Gasteiger partial charge on any atom is -0.297 e. The van der Waals surface area contributed by atoms with Crippen LogP contribution in [0.2, 0.25) is 18.1 Å². The van der Waals surface area contributed by atoms with Crippen molar-refractivity contribution < 1.29 is 0 Å². The molecule has 1 heterocycles. The minimum atomic E-state index is -0.544. The molecule has 1 atom stereocenters. The average molecular weight is 324 g/mol. The molecule has 0 N–H and O–H groups in total. The topological polar surface area (TPSA) is 3.24 Å². The van der Waals surface area contributed by atoms with Gasteiger partial charge in [-0.15, -0.1) is 0 Å². The third kappa shape index (κ3) is 7.46. The zero-order chi connectivity index (χ0) is 16.2. The number of hydrogen-bond acceptors (Lipinski definition) is 1. The van der Waals surface area contributed by atoms with Crippen LogP contribution in [0, 0.1) is 0 Å². The molecule has 22 heavy (non-hydrogen) atoms. The predicted octanol–water partition coefficient (Wildman–Crippen LogP) is 6.02. The molecule has 0 amide bonds. The molecule has 1 nitrogen and oxygen atoms in total. The first-order valence-electron chi connectivity index (χ1n) is 10.1. The second-order valence-electron chi connectivity index (χ2n) is 7.34. The van der Waals surface area contributed by atoms with E-state index in [4.69, 9.17) is 0 Å². The number of nitrogens with zero attached hydrogens (tertiary/aromatic N) is 1. The van der Waals surface area contributed by atoms with Crippen molar-refractivity contribution in [2.45, 2.75) is 103 Å². The zero-order valence-corrected chi connectivity index (χ0v) is 17.0. The third-order valence-electron chi connectivity index (χ3n) is 5.51. The summed E-state index contributed by atoms with van der Waals surface area (Å²) >= 11 is 0. The molecule has 0 bridgehead atoms. The Kier molecular flexibility index (Phi) is 11.2. The molecule has 1 fully saturated rings. The Morgan fingerprint density at radius 3 is 1.91 bits per heavy atom. The maximum atomic E-state index is 2.80. The van der Waals surface area contributed by atoms with Gasteiger partial charge in [0.25, 0.3) is 0 Å². The molecule has 0 spiro atoms. The van der Waals surface area contributed by atoms with Crippen LogP contribution in [0.5, 0.6) is 0 Å². The number of allylic oxidation sites excluding steroid dienone is 1. The van der Waals surface area contributed by atoms with Crippen LogP contribution in [0.15, 0.2) is 11.6 Å². The number of hydrogen-bond donors (Lipinski definition) is 0. The summed E-state index contributed by atoms with van der Waals surface area (Å²) in [5, 5.41) is 0. The first-order valence-corrected chi connectivity index (χ1v) is 12.6. The van der Waals surface area contributed by atoms with Gasteiger partial charge in [-0.1, -0.05) is 76.1 Å². The highest BCUT2D eigenvalue weighted by molar-refractivity contribution is 6.59. The Balaban J connectivity index is 2.61. The summed E-state index contributed by atoms with van der Waals surface area (Å²) in [7, 11) is -0.544. The fraction of sp³-hybridized carbons (Fsp3) is 0.900. The van der Waals surface area contributed by atoms with Crippen molar-refractivity contribution in [3.63, 3.8) is 0 Å². The van der Waals surface area contributed by atoms with E-state index in [1.165, 1.54) is 82.6 Å². The molecule has 0 radical (unpaired) electrons. The fourth-order valence-electron chi connectivity index (χ4n) is 4.10. The van der Waals surface area contributed by atoms with Gasteiger partial charge in [0.2, 0.25) is 0 Å². The van der Waals surface area contributed by atoms with Gasteiger partial charge in [-0.3, -0.25) is 4.90 Å². The molecule has 1 saturated heterocycles. The molecule has 1 aliphatic rings. The summed E-state index contributed by atoms with van der Waals surface area (Å²) in [6.45, 7) is 12.2. The van der Waals surface area contributed by atoms with E-state index < -0.39 is 8.80 Å². The summed E-state index contributed by atoms with van der Waals surface area (Å²) in [5.74, 6) is 0. The van der Waals surface area contributed by atoms with E-state index in [-0.39, 0.29) is 0 Å². The Labute approximate surface area is 142 Å². The quantitative estimate of drug-likeness (QED) is 0.390. The summed E-state index contributed by atoms with van der Waals surface area (Å²) in [4.78, 5) is 2.80. The lowest BCUT2D eigenvalue weighted by Gasteiger charge is -2.32. The van der Waals surface area contributed by atoms with E-state index in [0.717, 1.165) is 0 Å². The van der Waals surface area contributed by atoms with E-state index in [9.17, 15) is 0 Å². The fourth-order valence-corrected chi connectivity index (χ4v) is 7.67. The highest BCUT2D eigenvalue weighted by Gasteiger charge is 2.20. The molecular weight excluding hydrogens is 282 g/mol. The van der Waals surface area contributed by atoms with Crippen molar-refractivity contribution >= 4 is 8.80 Å². The van der Waals surface area contributed by atoms with Crippen LogP contribution in [-0.4, -0.2) is 32.8 Å². The lowest BCUT2D eigenvalue weighted by atomic mass is 10.1. The molecule has 0 aromatic heterocycles. The second-order valence-corrected chi connectivity index (χ2v) is 10.6. The molecular formula is C20H41NSi. The van der Waals surface area contributed by atoms with Gasteiger partial charge in [0, 0.05) is 14.8 Å². The lowest BCUT2D eigenvalue weighted by Crippen LogP contribution is -2.37. The Bertz CT molecular complexity index is 284. The van der Waals surface area contributed by atoms with Crippen molar-refractivity contribution in [3.05, 3.63) is 11.6 Å². The van der Waals surface area contributed by atoms with Gasteiger partial charge in [0.05, 0.1) is 0 Å². The smallest absolute Gasteiger partial charge is 0.0409 e. The van der Waals surface area contributed by atoms with Crippen molar-refractivity contribution in [1.82, 2.24) is 4.90 Å². The molecule has 1 unspecified atom stereocenters. The van der Waals surface area contributed by atoms with E-state index in [1.807, 2.05) is 0 Å². The highest BCUT2D eigenvalue weighted by Crippen LogP contribution is 2.23. The Morgan fingerprint density at radius 1 is 0.955 bits per heavy atom. The van der Waals surface area contributed by atoms with Gasteiger partial charge in [0.15, 0.2) is 0 Å². The molecule has 2 heteroatoms. The summed E-state index contributed by atoms with van der Waals surface area (Å²) < 4.78 is 0. The largest absolute Gasteiger partial charge is 0.297 e. The van der Waals surface area contributed by atoms with Crippen LogP contribution in [0.4, 0.5) is 0 Å². The molecule has 1 aliphatic heterocycles. The van der Waals surface area contributed by atoms with Crippen LogP contribution >= 0.6 is 0 Å². The standard InChI is InChI=1S/C20H41NSi/c1-5-16-22(17-6-2)18-20(7-3)19(4)21-14-12-10-8-9-11-13-15-21/h7,19,22H,5-6,8-18H2,1-4H3/b20-7-. The van der Waals surface area contributed by atoms with Gasteiger partial charge in [-0.25, -0.2) is 0 Å². The Hall–Kier alpha value is -0.0831. The van der Waals surface area contributed by atoms with Crippen LogP contribution in [0.3, 0.4) is 0 Å². The highest BCUT2D eigenvalue weighted by atomic mass is 28.3. The minimum absolute atomic E-state index is 0.544. The molecule has 0 aromatic carbocycles. The van der Waals surface area contributed by atoms with Gasteiger partial charge >= 0.3 is 0 Å². The van der Waals surface area contributed by atoms with Gasteiger partial charge in [0.1, 0.15) is 0 Å². The SMILES string of the molecule is C/C=C(/C[SiH](CCC)CCC)C(C)N1CCCCCCCC1. The van der Waals surface area contributed by atoms with Crippen molar-refractivity contribution in [1.29, 1.82) is 0 Å². The van der Waals surface area contributed by atoms with E-state index in [2.05, 4.69) is 38.7 Å². The normalized spacial score (nSPS) is 20.5. The number of rotatable bonds is 8. The molecule has 1 rings (SSSR count). The Morgan fingerprint density at radius 2 is 1.45 bits per heavy atom. The summed E-state index contributed by atoms with van der Waals surface area (Å²) in [5.41, 5.74) is 1.76. The van der Waals surface area contributed by atoms with Crippen LogP contribution < -0.4 is 0 Å². The lowest BCUT2D eigenvalue weighted by molar-refractivity contribution is 0.228. The van der Waals surface area contributed by atoms with Gasteiger partial charge in [-0.05, 0) is 45.8 Å². The average Bonchev–Trinajstić information content (AvgIpc) is 2.66. The van der Waals surface area contributed by atoms with Crippen molar-refractivity contribution in [2.24, 2.45) is 0 Å². The zero-order valence-electron chi connectivity index (χ0n) is 15.9. The first-order chi connectivity index (χ1) is 10.7. The molecule has 0 saturated carbocycles. The van der Waals surface area contributed by atoms with E-state index >= 15 is 0 Å². The van der Waals surface area contributed by atoms with Gasteiger partial charge in [-0.2, -0.15) is 0 Å². The van der Waals surface area contributed by atoms with Crippen molar-refractivity contribution in [3.8, 4) is 0 Å².